The zero-order chi connectivity index (χ0) is 10.6. The maximum Gasteiger partial charge on any atom is 0.0381 e. The summed E-state index contributed by atoms with van der Waals surface area (Å²) < 4.78 is 0. The Hall–Kier alpha value is -1.22. The van der Waals surface area contributed by atoms with Gasteiger partial charge in [-0.3, -0.25) is 0 Å². The lowest BCUT2D eigenvalue weighted by atomic mass is 10.2. The Balaban J connectivity index is 2.73. The summed E-state index contributed by atoms with van der Waals surface area (Å²) in [5.41, 5.74) is 7.86. The minimum Gasteiger partial charge on any atom is -0.381 e. The van der Waals surface area contributed by atoms with E-state index in [1.54, 1.807) is 0 Å². The number of anilines is 2. The highest BCUT2D eigenvalue weighted by atomic mass is 15.1. The molecule has 0 aromatic heterocycles. The fraction of sp³-hybridized carbons (Fsp3) is 0.455. The van der Waals surface area contributed by atoms with E-state index in [9.17, 15) is 0 Å². The molecule has 0 aliphatic carbocycles. The van der Waals surface area contributed by atoms with E-state index in [0.29, 0.717) is 12.6 Å². The van der Waals surface area contributed by atoms with Crippen LogP contribution in [0.4, 0.5) is 11.4 Å². The Kier molecular flexibility index (Phi) is 3.77. The summed E-state index contributed by atoms with van der Waals surface area (Å²) in [4.78, 5) is 2.08. The molecule has 0 amide bonds. The van der Waals surface area contributed by atoms with E-state index in [4.69, 9.17) is 5.73 Å². The van der Waals surface area contributed by atoms with Gasteiger partial charge in [0, 0.05) is 38.1 Å². The molecule has 0 fully saturated rings. The van der Waals surface area contributed by atoms with Gasteiger partial charge in [0.25, 0.3) is 0 Å². The Bertz CT molecular complexity index is 284. The van der Waals surface area contributed by atoms with Gasteiger partial charge in [0.2, 0.25) is 0 Å². The van der Waals surface area contributed by atoms with Gasteiger partial charge in [-0.25, -0.2) is 0 Å². The monoisotopic (exact) mass is 193 g/mol. The molecular formula is C11H19N3. The number of benzene rings is 1. The van der Waals surface area contributed by atoms with Gasteiger partial charge in [-0.2, -0.15) is 0 Å². The maximum absolute atomic E-state index is 5.54. The van der Waals surface area contributed by atoms with Crippen molar-refractivity contribution in [1.29, 1.82) is 0 Å². The van der Waals surface area contributed by atoms with Gasteiger partial charge in [0.05, 0.1) is 0 Å². The first kappa shape index (κ1) is 10.9. The van der Waals surface area contributed by atoms with Crippen LogP contribution in [0.5, 0.6) is 0 Å². The van der Waals surface area contributed by atoms with Crippen molar-refractivity contribution in [2.45, 2.75) is 13.0 Å². The van der Waals surface area contributed by atoms with E-state index in [2.05, 4.69) is 35.3 Å². The first-order valence-electron chi connectivity index (χ1n) is 4.87. The number of nitrogens with one attached hydrogen (secondary N) is 1. The molecule has 0 spiro atoms. The van der Waals surface area contributed by atoms with Gasteiger partial charge >= 0.3 is 0 Å². The van der Waals surface area contributed by atoms with Crippen molar-refractivity contribution < 1.29 is 0 Å². The number of hydrogen-bond acceptors (Lipinski definition) is 3. The van der Waals surface area contributed by atoms with Crippen LogP contribution in [0.15, 0.2) is 24.3 Å². The third kappa shape index (κ3) is 2.92. The van der Waals surface area contributed by atoms with E-state index in [0.717, 1.165) is 5.69 Å². The molecule has 0 bridgehead atoms. The molecule has 0 saturated carbocycles. The first-order chi connectivity index (χ1) is 6.63. The van der Waals surface area contributed by atoms with Gasteiger partial charge < -0.3 is 16.0 Å². The molecule has 1 rings (SSSR count). The highest BCUT2D eigenvalue weighted by Crippen LogP contribution is 2.17. The Labute approximate surface area is 85.9 Å². The van der Waals surface area contributed by atoms with Gasteiger partial charge in [-0.15, -0.1) is 0 Å². The molecule has 3 N–H and O–H groups in total. The summed E-state index contributed by atoms with van der Waals surface area (Å²) in [7, 11) is 4.07. The molecule has 1 atom stereocenters. The van der Waals surface area contributed by atoms with Crippen molar-refractivity contribution in [3.05, 3.63) is 24.3 Å². The second-order valence-electron chi connectivity index (χ2n) is 3.73. The highest BCUT2D eigenvalue weighted by molar-refractivity contribution is 5.57. The van der Waals surface area contributed by atoms with Crippen LogP contribution in [0, 0.1) is 0 Å². The normalized spacial score (nSPS) is 12.3. The summed E-state index contributed by atoms with van der Waals surface area (Å²) in [6, 6.07) is 8.61. The van der Waals surface area contributed by atoms with Crippen LogP contribution >= 0.6 is 0 Å². The van der Waals surface area contributed by atoms with Crippen molar-refractivity contribution in [3.63, 3.8) is 0 Å². The first-order valence-corrected chi connectivity index (χ1v) is 4.87. The minimum atomic E-state index is 0.312. The van der Waals surface area contributed by atoms with Crippen LogP contribution in [-0.2, 0) is 0 Å². The largest absolute Gasteiger partial charge is 0.381 e. The zero-order valence-corrected chi connectivity index (χ0v) is 9.12. The standard InChI is InChI=1S/C11H19N3/c1-9(8-12)13-10-5-4-6-11(7-10)14(2)3/h4-7,9,13H,8,12H2,1-3H3. The van der Waals surface area contributed by atoms with Crippen LogP contribution in [0.2, 0.25) is 0 Å². The van der Waals surface area contributed by atoms with Crippen LogP contribution in [-0.4, -0.2) is 26.7 Å². The molecule has 3 nitrogen and oxygen atoms in total. The van der Waals surface area contributed by atoms with E-state index >= 15 is 0 Å². The van der Waals surface area contributed by atoms with Crippen LogP contribution in [0.1, 0.15) is 6.92 Å². The van der Waals surface area contributed by atoms with Crippen LogP contribution < -0.4 is 16.0 Å². The maximum atomic E-state index is 5.54. The Morgan fingerprint density at radius 2 is 2.14 bits per heavy atom. The minimum absolute atomic E-state index is 0.312. The molecule has 0 radical (unpaired) electrons. The molecule has 1 aromatic carbocycles. The number of nitrogens with two attached hydrogens (primary N) is 1. The SMILES string of the molecule is CC(CN)Nc1cccc(N(C)C)c1. The molecule has 0 heterocycles. The molecule has 0 saturated heterocycles. The second kappa shape index (κ2) is 4.86. The summed E-state index contributed by atoms with van der Waals surface area (Å²) in [6.45, 7) is 2.72. The molecular weight excluding hydrogens is 174 g/mol. The van der Waals surface area contributed by atoms with Crippen LogP contribution in [0.25, 0.3) is 0 Å². The molecule has 14 heavy (non-hydrogen) atoms. The number of nitrogens with zero attached hydrogens (tertiary/aromatic N) is 1. The zero-order valence-electron chi connectivity index (χ0n) is 9.12. The predicted molar refractivity (Wildman–Crippen MR) is 62.9 cm³/mol. The summed E-state index contributed by atoms with van der Waals surface area (Å²) >= 11 is 0. The van der Waals surface area contributed by atoms with Crippen molar-refractivity contribution in [3.8, 4) is 0 Å². The van der Waals surface area contributed by atoms with Gasteiger partial charge in [-0.1, -0.05) is 6.07 Å². The van der Waals surface area contributed by atoms with Gasteiger partial charge in [0.1, 0.15) is 0 Å². The average Bonchev–Trinajstić information content (AvgIpc) is 2.18. The highest BCUT2D eigenvalue weighted by Gasteiger charge is 2.00. The lowest BCUT2D eigenvalue weighted by Gasteiger charge is -2.16. The molecule has 0 aliphatic rings. The van der Waals surface area contributed by atoms with Crippen LogP contribution in [0.3, 0.4) is 0 Å². The topological polar surface area (TPSA) is 41.3 Å². The second-order valence-corrected chi connectivity index (χ2v) is 3.73. The smallest absolute Gasteiger partial charge is 0.0381 e. The summed E-state index contributed by atoms with van der Waals surface area (Å²) in [6.07, 6.45) is 0. The average molecular weight is 193 g/mol. The van der Waals surface area contributed by atoms with Crippen molar-refractivity contribution in [2.75, 3.05) is 30.9 Å². The number of rotatable bonds is 4. The quantitative estimate of drug-likeness (QED) is 0.761. The van der Waals surface area contributed by atoms with Gasteiger partial charge in [-0.05, 0) is 25.1 Å². The third-order valence-corrected chi connectivity index (χ3v) is 2.13. The lowest BCUT2D eigenvalue weighted by molar-refractivity contribution is 0.804. The van der Waals surface area contributed by atoms with Crippen molar-refractivity contribution in [1.82, 2.24) is 0 Å². The third-order valence-electron chi connectivity index (χ3n) is 2.13. The summed E-state index contributed by atoms with van der Waals surface area (Å²) in [5, 5.41) is 3.34. The Morgan fingerprint density at radius 3 is 2.71 bits per heavy atom. The Morgan fingerprint density at radius 1 is 1.43 bits per heavy atom. The fourth-order valence-electron chi connectivity index (χ4n) is 1.22. The molecule has 1 aromatic rings. The molecule has 78 valence electrons. The summed E-state index contributed by atoms with van der Waals surface area (Å²) in [5.74, 6) is 0. The van der Waals surface area contributed by atoms with E-state index in [1.807, 2.05) is 20.2 Å². The molecule has 3 heteroatoms. The van der Waals surface area contributed by atoms with Crippen molar-refractivity contribution in [2.24, 2.45) is 5.73 Å². The lowest BCUT2D eigenvalue weighted by Crippen LogP contribution is -2.25. The van der Waals surface area contributed by atoms with E-state index in [1.165, 1.54) is 5.69 Å². The molecule has 0 aliphatic heterocycles. The van der Waals surface area contributed by atoms with E-state index in [-0.39, 0.29) is 0 Å². The van der Waals surface area contributed by atoms with Crippen molar-refractivity contribution >= 4 is 11.4 Å². The van der Waals surface area contributed by atoms with Gasteiger partial charge in [0.15, 0.2) is 0 Å². The predicted octanol–water partition coefficient (Wildman–Crippen LogP) is 1.51. The van der Waals surface area contributed by atoms with E-state index < -0.39 is 0 Å². The number of hydrogen-bond donors (Lipinski definition) is 2. The molecule has 1 unspecified atom stereocenters. The fourth-order valence-corrected chi connectivity index (χ4v) is 1.22.